The summed E-state index contributed by atoms with van der Waals surface area (Å²) < 4.78 is 0. The highest BCUT2D eigenvalue weighted by Gasteiger charge is 2.31. The van der Waals surface area contributed by atoms with Crippen LogP contribution >= 0.6 is 0 Å². The fourth-order valence-corrected chi connectivity index (χ4v) is 2.26. The van der Waals surface area contributed by atoms with Crippen LogP contribution in [0, 0.1) is 0 Å². The van der Waals surface area contributed by atoms with Gasteiger partial charge >= 0.3 is 6.03 Å². The molecule has 1 aliphatic heterocycles. The molecule has 1 heterocycles. The molecule has 1 atom stereocenters. The zero-order chi connectivity index (χ0) is 12.1. The number of rotatable bonds is 5. The Bertz CT molecular complexity index is 232. The van der Waals surface area contributed by atoms with Gasteiger partial charge < -0.3 is 14.7 Å². The van der Waals surface area contributed by atoms with Gasteiger partial charge in [-0.15, -0.1) is 0 Å². The Balaban J connectivity index is 2.62. The molecule has 0 aromatic carbocycles. The summed E-state index contributed by atoms with van der Waals surface area (Å²) in [5, 5.41) is 0. The highest BCUT2D eigenvalue weighted by Crippen LogP contribution is 2.16. The minimum absolute atomic E-state index is 0.214. The Hall–Kier alpha value is -0.770. The van der Waals surface area contributed by atoms with E-state index in [-0.39, 0.29) is 6.03 Å². The van der Waals surface area contributed by atoms with Crippen molar-refractivity contribution in [3.63, 3.8) is 0 Å². The summed E-state index contributed by atoms with van der Waals surface area (Å²) in [6.07, 6.45) is 1.10. The van der Waals surface area contributed by atoms with Crippen molar-refractivity contribution in [1.82, 2.24) is 14.7 Å². The van der Waals surface area contributed by atoms with Crippen LogP contribution in [0.5, 0.6) is 0 Å². The third-order valence-corrected chi connectivity index (χ3v) is 3.47. The lowest BCUT2D eigenvalue weighted by molar-refractivity contribution is 0.0895. The average molecular weight is 227 g/mol. The molecule has 2 amide bonds. The molecule has 0 aromatic heterocycles. The normalized spacial score (nSPS) is 22.1. The smallest absolute Gasteiger partial charge is 0.320 e. The number of hydrogen-bond donors (Lipinski definition) is 0. The van der Waals surface area contributed by atoms with Gasteiger partial charge in [-0.1, -0.05) is 6.92 Å². The maximum atomic E-state index is 12.1. The summed E-state index contributed by atoms with van der Waals surface area (Å²) in [7, 11) is 2.12. The van der Waals surface area contributed by atoms with E-state index < -0.39 is 0 Å². The van der Waals surface area contributed by atoms with Gasteiger partial charge in [0.2, 0.25) is 0 Å². The van der Waals surface area contributed by atoms with Crippen LogP contribution in [0.15, 0.2) is 0 Å². The van der Waals surface area contributed by atoms with Gasteiger partial charge in [-0.3, -0.25) is 0 Å². The van der Waals surface area contributed by atoms with Crippen molar-refractivity contribution in [3.05, 3.63) is 0 Å². The van der Waals surface area contributed by atoms with Crippen LogP contribution in [0.2, 0.25) is 0 Å². The van der Waals surface area contributed by atoms with Gasteiger partial charge in [-0.25, -0.2) is 4.79 Å². The van der Waals surface area contributed by atoms with Crippen LogP contribution in [0.4, 0.5) is 4.79 Å². The van der Waals surface area contributed by atoms with Crippen LogP contribution in [-0.4, -0.2) is 66.5 Å². The second-order valence-electron chi connectivity index (χ2n) is 4.45. The van der Waals surface area contributed by atoms with Gasteiger partial charge in [0.1, 0.15) is 0 Å². The molecule has 1 fully saturated rings. The van der Waals surface area contributed by atoms with Gasteiger partial charge in [0.05, 0.1) is 0 Å². The summed E-state index contributed by atoms with van der Waals surface area (Å²) in [5.41, 5.74) is 0. The summed E-state index contributed by atoms with van der Waals surface area (Å²) in [6.45, 7) is 10.9. The lowest BCUT2D eigenvalue weighted by Crippen LogP contribution is -2.56. The molecule has 4 heteroatoms. The molecule has 0 spiro atoms. The van der Waals surface area contributed by atoms with Gasteiger partial charge in [0.15, 0.2) is 0 Å². The molecular weight excluding hydrogens is 202 g/mol. The first-order chi connectivity index (χ1) is 7.63. The van der Waals surface area contributed by atoms with Gasteiger partial charge in [-0.05, 0) is 33.9 Å². The quantitative estimate of drug-likeness (QED) is 0.711. The number of carbonyl (C=O) groups excluding carboxylic acids is 1. The van der Waals surface area contributed by atoms with Crippen LogP contribution in [0.25, 0.3) is 0 Å². The van der Waals surface area contributed by atoms with Gasteiger partial charge in [-0.2, -0.15) is 0 Å². The first-order valence-electron chi connectivity index (χ1n) is 6.38. The molecule has 4 nitrogen and oxygen atoms in total. The van der Waals surface area contributed by atoms with Crippen LogP contribution < -0.4 is 0 Å². The van der Waals surface area contributed by atoms with Gasteiger partial charge in [0, 0.05) is 32.2 Å². The van der Waals surface area contributed by atoms with Crippen molar-refractivity contribution in [1.29, 1.82) is 0 Å². The fourth-order valence-electron chi connectivity index (χ4n) is 2.26. The molecule has 94 valence electrons. The minimum atomic E-state index is 0.214. The summed E-state index contributed by atoms with van der Waals surface area (Å²) in [4.78, 5) is 18.3. The topological polar surface area (TPSA) is 26.8 Å². The first-order valence-corrected chi connectivity index (χ1v) is 6.38. The van der Waals surface area contributed by atoms with Gasteiger partial charge in [0.25, 0.3) is 0 Å². The zero-order valence-electron chi connectivity index (χ0n) is 11.1. The largest absolute Gasteiger partial charge is 0.325 e. The molecule has 0 bridgehead atoms. The summed E-state index contributed by atoms with van der Waals surface area (Å²) >= 11 is 0. The van der Waals surface area contributed by atoms with E-state index in [1.807, 2.05) is 16.7 Å². The average Bonchev–Trinajstić information content (AvgIpc) is 2.29. The maximum absolute atomic E-state index is 12.1. The van der Waals surface area contributed by atoms with Crippen molar-refractivity contribution in [2.75, 3.05) is 39.8 Å². The molecule has 1 saturated heterocycles. The molecule has 0 N–H and O–H groups in total. The SMILES string of the molecule is CCN(C)CC1CCN(CC)C(=O)N1CC. The number of hydrogen-bond acceptors (Lipinski definition) is 2. The highest BCUT2D eigenvalue weighted by atomic mass is 16.2. The van der Waals surface area contributed by atoms with Crippen molar-refractivity contribution in [2.24, 2.45) is 0 Å². The minimum Gasteiger partial charge on any atom is -0.325 e. The molecule has 0 radical (unpaired) electrons. The standard InChI is InChI=1S/C12H25N3O/c1-5-13(4)10-11-8-9-14(6-2)12(16)15(11)7-3/h11H,5-10H2,1-4H3. The summed E-state index contributed by atoms with van der Waals surface area (Å²) in [5.74, 6) is 0. The third kappa shape index (κ3) is 2.88. The van der Waals surface area contributed by atoms with Crippen molar-refractivity contribution in [2.45, 2.75) is 33.2 Å². The highest BCUT2D eigenvalue weighted by molar-refractivity contribution is 5.75. The van der Waals surface area contributed by atoms with Crippen LogP contribution in [0.1, 0.15) is 27.2 Å². The lowest BCUT2D eigenvalue weighted by atomic mass is 10.1. The Morgan fingerprint density at radius 2 is 2.00 bits per heavy atom. The van der Waals surface area contributed by atoms with Crippen molar-refractivity contribution in [3.8, 4) is 0 Å². The Morgan fingerprint density at radius 1 is 1.31 bits per heavy atom. The van der Waals surface area contributed by atoms with Crippen molar-refractivity contribution < 1.29 is 4.79 Å². The zero-order valence-corrected chi connectivity index (χ0v) is 11.1. The summed E-state index contributed by atoms with van der Waals surface area (Å²) in [6, 6.07) is 0.607. The maximum Gasteiger partial charge on any atom is 0.320 e. The van der Waals surface area contributed by atoms with E-state index in [4.69, 9.17) is 0 Å². The van der Waals surface area contributed by atoms with E-state index in [0.717, 1.165) is 39.1 Å². The van der Waals surface area contributed by atoms with E-state index in [1.165, 1.54) is 0 Å². The predicted octanol–water partition coefficient (Wildman–Crippen LogP) is 1.47. The molecule has 0 aromatic rings. The number of urea groups is 1. The monoisotopic (exact) mass is 227 g/mol. The molecule has 1 rings (SSSR count). The van der Waals surface area contributed by atoms with E-state index in [0.29, 0.717) is 6.04 Å². The van der Waals surface area contributed by atoms with Crippen molar-refractivity contribution >= 4 is 6.03 Å². The predicted molar refractivity (Wildman–Crippen MR) is 66.6 cm³/mol. The van der Waals surface area contributed by atoms with Crippen LogP contribution in [0.3, 0.4) is 0 Å². The molecule has 16 heavy (non-hydrogen) atoms. The third-order valence-electron chi connectivity index (χ3n) is 3.47. The van der Waals surface area contributed by atoms with E-state index in [2.05, 4.69) is 25.8 Å². The Kier molecular flexibility index (Phi) is 5.06. The molecule has 1 unspecified atom stereocenters. The number of carbonyl (C=O) groups is 1. The van der Waals surface area contributed by atoms with E-state index >= 15 is 0 Å². The number of amides is 2. The van der Waals surface area contributed by atoms with Crippen LogP contribution in [-0.2, 0) is 0 Å². The molecule has 1 aliphatic rings. The number of likely N-dealkylation sites (N-methyl/N-ethyl adjacent to an activating group) is 2. The Morgan fingerprint density at radius 3 is 2.50 bits per heavy atom. The second-order valence-corrected chi connectivity index (χ2v) is 4.45. The second kappa shape index (κ2) is 6.09. The number of nitrogens with zero attached hydrogens (tertiary/aromatic N) is 3. The Labute approximate surface area is 99.2 Å². The first kappa shape index (κ1) is 13.3. The fraction of sp³-hybridized carbons (Fsp3) is 0.917. The molecular formula is C12H25N3O. The van der Waals surface area contributed by atoms with E-state index in [9.17, 15) is 4.79 Å². The lowest BCUT2D eigenvalue weighted by Gasteiger charge is -2.42. The molecule has 0 saturated carbocycles. The molecule has 0 aliphatic carbocycles. The van der Waals surface area contributed by atoms with E-state index in [1.54, 1.807) is 0 Å².